The Hall–Kier alpha value is -3.73. The maximum Gasteiger partial charge on any atom is 0.221 e. The molecule has 5 heteroatoms. The van der Waals surface area contributed by atoms with Crippen LogP contribution in [0.2, 0.25) is 0 Å². The van der Waals surface area contributed by atoms with E-state index in [1.807, 2.05) is 61.5 Å². The van der Waals surface area contributed by atoms with E-state index in [4.69, 9.17) is 4.42 Å². The fourth-order valence-electron chi connectivity index (χ4n) is 3.39. The minimum absolute atomic E-state index is 0.0871. The number of hydrogen-bond donors (Lipinski definition) is 1. The summed E-state index contributed by atoms with van der Waals surface area (Å²) in [6.07, 6.45) is 2.22. The molecule has 0 aliphatic heterocycles. The van der Waals surface area contributed by atoms with Gasteiger partial charge in [0.25, 0.3) is 0 Å². The largest absolute Gasteiger partial charge is 0.441 e. The number of nitrogens with one attached hydrogen (secondary N) is 1. The first-order valence-corrected chi connectivity index (χ1v) is 10.2. The van der Waals surface area contributed by atoms with Crippen molar-refractivity contribution in [2.45, 2.75) is 25.8 Å². The number of carbonyl (C=O) groups is 1. The number of amides is 1. The lowest BCUT2D eigenvalue weighted by Gasteiger charge is -2.20. The molecule has 1 amide bonds. The number of carbonyl (C=O) groups excluding carboxylic acids is 1. The second-order valence-electron chi connectivity index (χ2n) is 7.45. The summed E-state index contributed by atoms with van der Waals surface area (Å²) in [5.41, 5.74) is 3.96. The highest BCUT2D eigenvalue weighted by Gasteiger charge is 2.17. The lowest BCUT2D eigenvalue weighted by Crippen LogP contribution is -2.29. The smallest absolute Gasteiger partial charge is 0.221 e. The highest BCUT2D eigenvalue weighted by molar-refractivity contribution is 5.77. The second kappa shape index (κ2) is 9.39. The third kappa shape index (κ3) is 5.25. The maximum absolute atomic E-state index is 13.1. The molecular weight excluding hydrogens is 391 g/mol. The van der Waals surface area contributed by atoms with E-state index in [2.05, 4.69) is 10.3 Å². The van der Waals surface area contributed by atoms with Crippen molar-refractivity contribution in [3.63, 3.8) is 0 Å². The van der Waals surface area contributed by atoms with Crippen molar-refractivity contribution in [1.29, 1.82) is 0 Å². The molecule has 1 atom stereocenters. The summed E-state index contributed by atoms with van der Waals surface area (Å²) in [4.78, 5) is 17.0. The fourth-order valence-corrected chi connectivity index (χ4v) is 3.39. The maximum atomic E-state index is 13.1. The Balaban J connectivity index is 1.42. The van der Waals surface area contributed by atoms with Gasteiger partial charge in [0.2, 0.25) is 5.91 Å². The molecule has 31 heavy (non-hydrogen) atoms. The molecule has 0 saturated carbocycles. The number of rotatable bonds is 7. The summed E-state index contributed by atoms with van der Waals surface area (Å²) in [6, 6.07) is 23.9. The van der Waals surface area contributed by atoms with E-state index in [1.54, 1.807) is 18.3 Å². The van der Waals surface area contributed by atoms with Gasteiger partial charge in [-0.2, -0.15) is 0 Å². The van der Waals surface area contributed by atoms with Crippen LogP contribution >= 0.6 is 0 Å². The number of oxazole rings is 1. The van der Waals surface area contributed by atoms with Crippen molar-refractivity contribution in [2.75, 3.05) is 0 Å². The molecule has 0 aliphatic carbocycles. The van der Waals surface area contributed by atoms with E-state index in [0.29, 0.717) is 18.1 Å². The van der Waals surface area contributed by atoms with Crippen molar-refractivity contribution in [3.05, 3.63) is 113 Å². The molecule has 0 spiro atoms. The van der Waals surface area contributed by atoms with E-state index in [-0.39, 0.29) is 24.2 Å². The third-order valence-electron chi connectivity index (χ3n) is 5.10. The highest BCUT2D eigenvalue weighted by atomic mass is 19.1. The molecule has 4 nitrogen and oxygen atoms in total. The number of benzene rings is 3. The van der Waals surface area contributed by atoms with Crippen LogP contribution in [0, 0.1) is 12.7 Å². The number of nitrogens with zero attached hydrogens (tertiary/aromatic N) is 1. The minimum Gasteiger partial charge on any atom is -0.441 e. The quantitative estimate of drug-likeness (QED) is 0.427. The molecule has 0 fully saturated rings. The van der Waals surface area contributed by atoms with Crippen LogP contribution < -0.4 is 5.32 Å². The van der Waals surface area contributed by atoms with Gasteiger partial charge >= 0.3 is 0 Å². The normalized spacial score (nSPS) is 11.8. The van der Waals surface area contributed by atoms with Crippen molar-refractivity contribution in [3.8, 4) is 11.3 Å². The van der Waals surface area contributed by atoms with Gasteiger partial charge < -0.3 is 9.73 Å². The summed E-state index contributed by atoms with van der Waals surface area (Å²) in [7, 11) is 0. The van der Waals surface area contributed by atoms with E-state index in [0.717, 1.165) is 16.7 Å². The molecule has 3 aromatic carbocycles. The van der Waals surface area contributed by atoms with Crippen LogP contribution in [0.5, 0.6) is 0 Å². The van der Waals surface area contributed by atoms with E-state index >= 15 is 0 Å². The first kappa shape index (κ1) is 20.5. The Bertz CT molecular complexity index is 1140. The van der Waals surface area contributed by atoms with E-state index in [9.17, 15) is 9.18 Å². The van der Waals surface area contributed by atoms with Gasteiger partial charge in [-0.15, -0.1) is 0 Å². The Morgan fingerprint density at radius 1 is 0.968 bits per heavy atom. The standard InChI is InChI=1S/C26H23FN2O2/c1-18-7-9-21(10-8-18)26(20-5-3-2-4-6-20)29-24(30)15-16-25-28-17-23(31-25)19-11-13-22(27)14-12-19/h2-14,17,26H,15-16H2,1H3,(H,29,30). The fraction of sp³-hybridized carbons (Fsp3) is 0.154. The van der Waals surface area contributed by atoms with Gasteiger partial charge in [0.05, 0.1) is 12.2 Å². The zero-order chi connectivity index (χ0) is 21.6. The van der Waals surface area contributed by atoms with Crippen molar-refractivity contribution < 1.29 is 13.6 Å². The summed E-state index contributed by atoms with van der Waals surface area (Å²) in [5.74, 6) is 0.635. The average Bonchev–Trinajstić information content (AvgIpc) is 3.27. The molecule has 4 aromatic rings. The summed E-state index contributed by atoms with van der Waals surface area (Å²) in [6.45, 7) is 2.04. The van der Waals surface area contributed by atoms with Crippen molar-refractivity contribution in [1.82, 2.24) is 10.3 Å². The molecular formula is C26H23FN2O2. The Morgan fingerprint density at radius 3 is 2.35 bits per heavy atom. The molecule has 0 bridgehead atoms. The molecule has 1 unspecified atom stereocenters. The molecule has 0 aliphatic rings. The van der Waals surface area contributed by atoms with Crippen LogP contribution in [0.4, 0.5) is 4.39 Å². The third-order valence-corrected chi connectivity index (χ3v) is 5.10. The van der Waals surface area contributed by atoms with Gasteiger partial charge in [-0.3, -0.25) is 4.79 Å². The lowest BCUT2D eigenvalue weighted by molar-refractivity contribution is -0.121. The number of hydrogen-bond acceptors (Lipinski definition) is 3. The Morgan fingerprint density at radius 2 is 1.65 bits per heavy atom. The first-order chi connectivity index (χ1) is 15.1. The summed E-state index contributed by atoms with van der Waals surface area (Å²) in [5, 5.41) is 3.13. The van der Waals surface area contributed by atoms with E-state index < -0.39 is 0 Å². The summed E-state index contributed by atoms with van der Waals surface area (Å²) < 4.78 is 18.8. The predicted molar refractivity (Wildman–Crippen MR) is 118 cm³/mol. The van der Waals surface area contributed by atoms with E-state index in [1.165, 1.54) is 17.7 Å². The molecule has 156 valence electrons. The number of aryl methyl sites for hydroxylation is 2. The number of halogens is 1. The van der Waals surface area contributed by atoms with Gasteiger partial charge in [-0.25, -0.2) is 9.37 Å². The van der Waals surface area contributed by atoms with Crippen LogP contribution in [-0.4, -0.2) is 10.9 Å². The van der Waals surface area contributed by atoms with Crippen molar-refractivity contribution in [2.24, 2.45) is 0 Å². The highest BCUT2D eigenvalue weighted by Crippen LogP contribution is 2.24. The molecule has 1 N–H and O–H groups in total. The molecule has 1 heterocycles. The predicted octanol–water partition coefficient (Wildman–Crippen LogP) is 5.63. The Labute approximate surface area is 180 Å². The van der Waals surface area contributed by atoms with Gasteiger partial charge in [0.15, 0.2) is 11.7 Å². The van der Waals surface area contributed by atoms with Crippen LogP contribution in [0.3, 0.4) is 0 Å². The van der Waals surface area contributed by atoms with Crippen molar-refractivity contribution >= 4 is 5.91 Å². The molecule has 0 saturated heterocycles. The van der Waals surface area contributed by atoms with Gasteiger partial charge in [-0.05, 0) is 42.3 Å². The topological polar surface area (TPSA) is 55.1 Å². The molecule has 4 rings (SSSR count). The minimum atomic E-state index is -0.304. The molecule has 0 radical (unpaired) electrons. The summed E-state index contributed by atoms with van der Waals surface area (Å²) >= 11 is 0. The second-order valence-corrected chi connectivity index (χ2v) is 7.45. The Kier molecular flexibility index (Phi) is 6.22. The zero-order valence-corrected chi connectivity index (χ0v) is 17.2. The van der Waals surface area contributed by atoms with Gasteiger partial charge in [-0.1, -0.05) is 60.2 Å². The van der Waals surface area contributed by atoms with Crippen LogP contribution in [0.15, 0.2) is 89.5 Å². The number of aromatic nitrogens is 1. The lowest BCUT2D eigenvalue weighted by atomic mass is 9.97. The molecule has 1 aromatic heterocycles. The van der Waals surface area contributed by atoms with Gasteiger partial charge in [0, 0.05) is 18.4 Å². The van der Waals surface area contributed by atoms with Crippen LogP contribution in [0.25, 0.3) is 11.3 Å². The van der Waals surface area contributed by atoms with Crippen LogP contribution in [-0.2, 0) is 11.2 Å². The van der Waals surface area contributed by atoms with Gasteiger partial charge in [0.1, 0.15) is 5.82 Å². The first-order valence-electron chi connectivity index (χ1n) is 10.2. The monoisotopic (exact) mass is 414 g/mol. The zero-order valence-electron chi connectivity index (χ0n) is 17.2. The SMILES string of the molecule is Cc1ccc(C(NC(=O)CCc2ncc(-c3ccc(F)cc3)o2)c2ccccc2)cc1. The van der Waals surface area contributed by atoms with Crippen LogP contribution in [0.1, 0.15) is 35.0 Å². The average molecular weight is 414 g/mol.